The number of hydrogen-bond acceptors (Lipinski definition) is 3. The molecule has 0 saturated heterocycles. The highest BCUT2D eigenvalue weighted by atomic mass is 35.5. The van der Waals surface area contributed by atoms with Crippen molar-refractivity contribution in [3.8, 4) is 0 Å². The fourth-order valence-corrected chi connectivity index (χ4v) is 2.24. The molecular formula is C13H13Cl2N3O. The molecule has 100 valence electrons. The number of pyridine rings is 1. The van der Waals surface area contributed by atoms with Crippen LogP contribution in [-0.2, 0) is 13.0 Å². The molecule has 0 radical (unpaired) electrons. The van der Waals surface area contributed by atoms with Crippen LogP contribution in [0.2, 0.25) is 10.2 Å². The van der Waals surface area contributed by atoms with Gasteiger partial charge in [-0.2, -0.15) is 5.10 Å². The predicted molar refractivity (Wildman–Crippen MR) is 74.9 cm³/mol. The summed E-state index contributed by atoms with van der Waals surface area (Å²) < 4.78 is 1.75. The molecule has 19 heavy (non-hydrogen) atoms. The zero-order valence-corrected chi connectivity index (χ0v) is 12.2. The molecule has 4 nitrogen and oxygen atoms in total. The van der Waals surface area contributed by atoms with Gasteiger partial charge in [0.25, 0.3) is 0 Å². The number of hydrogen-bond donors (Lipinski definition) is 0. The van der Waals surface area contributed by atoms with Crippen molar-refractivity contribution in [2.24, 2.45) is 0 Å². The Labute approximate surface area is 121 Å². The monoisotopic (exact) mass is 297 g/mol. The Morgan fingerprint density at radius 2 is 2.16 bits per heavy atom. The quantitative estimate of drug-likeness (QED) is 0.642. The van der Waals surface area contributed by atoms with Crippen molar-refractivity contribution in [3.05, 3.63) is 45.5 Å². The normalized spacial score (nSPS) is 10.7. The third kappa shape index (κ3) is 2.96. The lowest BCUT2D eigenvalue weighted by atomic mass is 10.1. The largest absolute Gasteiger partial charge is 0.294 e. The fourth-order valence-electron chi connectivity index (χ4n) is 1.87. The van der Waals surface area contributed by atoms with Gasteiger partial charge in [-0.15, -0.1) is 0 Å². The lowest BCUT2D eigenvalue weighted by molar-refractivity contribution is 0.0990. The summed E-state index contributed by atoms with van der Waals surface area (Å²) in [4.78, 5) is 16.1. The number of ketones is 1. The van der Waals surface area contributed by atoms with Gasteiger partial charge >= 0.3 is 0 Å². The lowest BCUT2D eigenvalue weighted by Gasteiger charge is -2.05. The van der Waals surface area contributed by atoms with Crippen LogP contribution in [0, 0.1) is 6.92 Å². The van der Waals surface area contributed by atoms with E-state index in [4.69, 9.17) is 23.2 Å². The van der Waals surface area contributed by atoms with Gasteiger partial charge in [0.05, 0.1) is 22.8 Å². The molecule has 0 unspecified atom stereocenters. The first kappa shape index (κ1) is 14.0. The first-order valence-electron chi connectivity index (χ1n) is 5.89. The number of rotatable bonds is 4. The highest BCUT2D eigenvalue weighted by molar-refractivity contribution is 6.32. The van der Waals surface area contributed by atoms with Crippen LogP contribution in [-0.4, -0.2) is 20.5 Å². The highest BCUT2D eigenvalue weighted by Crippen LogP contribution is 2.22. The zero-order valence-electron chi connectivity index (χ0n) is 10.7. The van der Waals surface area contributed by atoms with Crippen LogP contribution in [0.3, 0.4) is 0 Å². The molecule has 6 heteroatoms. The molecular weight excluding hydrogens is 285 g/mol. The van der Waals surface area contributed by atoms with Crippen molar-refractivity contribution in [2.75, 3.05) is 0 Å². The molecule has 2 rings (SSSR count). The third-order valence-electron chi connectivity index (χ3n) is 2.83. The topological polar surface area (TPSA) is 47.8 Å². The van der Waals surface area contributed by atoms with Gasteiger partial charge in [0.15, 0.2) is 5.78 Å². The summed E-state index contributed by atoms with van der Waals surface area (Å²) in [5.41, 5.74) is 2.00. The molecule has 0 aliphatic rings. The summed E-state index contributed by atoms with van der Waals surface area (Å²) in [5.74, 6) is -0.0548. The minimum absolute atomic E-state index is 0.0548. The summed E-state index contributed by atoms with van der Waals surface area (Å²) in [7, 11) is 0. The first-order valence-corrected chi connectivity index (χ1v) is 6.65. The lowest BCUT2D eigenvalue weighted by Crippen LogP contribution is -2.10. The summed E-state index contributed by atoms with van der Waals surface area (Å²) in [6.07, 6.45) is 1.72. The van der Waals surface area contributed by atoms with E-state index in [2.05, 4.69) is 10.1 Å². The van der Waals surface area contributed by atoms with Crippen molar-refractivity contribution in [2.45, 2.75) is 26.8 Å². The standard InChI is InChI=1S/C13H13Cl2N3O/c1-3-18-10(13(15)8(2)17-18)7-11(19)9-4-5-16-12(14)6-9/h4-6H,3,7H2,1-2H3. The van der Waals surface area contributed by atoms with Crippen LogP contribution in [0.1, 0.15) is 28.7 Å². The number of Topliss-reactive ketones (excluding diaryl/α,β-unsaturated/α-hetero) is 1. The molecule has 0 aliphatic carbocycles. The van der Waals surface area contributed by atoms with Crippen LogP contribution >= 0.6 is 23.2 Å². The van der Waals surface area contributed by atoms with Crippen LogP contribution in [0.5, 0.6) is 0 Å². The Morgan fingerprint density at radius 1 is 1.42 bits per heavy atom. The van der Waals surface area contributed by atoms with Gasteiger partial charge in [0.1, 0.15) is 5.15 Å². The summed E-state index contributed by atoms with van der Waals surface area (Å²) >= 11 is 12.0. The van der Waals surface area contributed by atoms with Gasteiger partial charge < -0.3 is 0 Å². The SMILES string of the molecule is CCn1nc(C)c(Cl)c1CC(=O)c1ccnc(Cl)c1. The molecule has 2 aromatic rings. The molecule has 0 atom stereocenters. The van der Waals surface area contributed by atoms with Gasteiger partial charge in [-0.05, 0) is 26.0 Å². The summed E-state index contributed by atoms with van der Waals surface area (Å²) in [5, 5.41) is 5.14. The van der Waals surface area contributed by atoms with Gasteiger partial charge in [-0.1, -0.05) is 23.2 Å². The Kier molecular flexibility index (Phi) is 4.22. The maximum absolute atomic E-state index is 12.2. The van der Waals surface area contributed by atoms with Crippen molar-refractivity contribution in [1.29, 1.82) is 0 Å². The second-order valence-electron chi connectivity index (χ2n) is 4.13. The van der Waals surface area contributed by atoms with Crippen LogP contribution in [0.4, 0.5) is 0 Å². The van der Waals surface area contributed by atoms with Crippen molar-refractivity contribution >= 4 is 29.0 Å². The first-order chi connectivity index (χ1) is 9.02. The number of aromatic nitrogens is 3. The maximum Gasteiger partial charge on any atom is 0.169 e. The number of halogens is 2. The van der Waals surface area contributed by atoms with Gasteiger partial charge in [0.2, 0.25) is 0 Å². The van der Waals surface area contributed by atoms with Crippen LogP contribution < -0.4 is 0 Å². The average molecular weight is 298 g/mol. The second-order valence-corrected chi connectivity index (χ2v) is 4.89. The van der Waals surface area contributed by atoms with Gasteiger partial charge in [-0.3, -0.25) is 9.48 Å². The number of carbonyl (C=O) groups excluding carboxylic acids is 1. The maximum atomic E-state index is 12.2. The summed E-state index contributed by atoms with van der Waals surface area (Å²) in [6.45, 7) is 4.46. The van der Waals surface area contributed by atoms with E-state index in [-0.39, 0.29) is 12.2 Å². The van der Waals surface area contributed by atoms with Gasteiger partial charge in [0, 0.05) is 18.3 Å². The molecule has 0 fully saturated rings. The molecule has 0 aromatic carbocycles. The van der Waals surface area contributed by atoms with Crippen molar-refractivity contribution < 1.29 is 4.79 Å². The third-order valence-corrected chi connectivity index (χ3v) is 3.53. The molecule has 0 aliphatic heterocycles. The predicted octanol–water partition coefficient (Wildman–Crippen LogP) is 3.34. The fraction of sp³-hybridized carbons (Fsp3) is 0.308. The second kappa shape index (κ2) is 5.72. The van der Waals surface area contributed by atoms with E-state index in [0.717, 1.165) is 11.4 Å². The molecule has 0 amide bonds. The molecule has 2 aromatic heterocycles. The van der Waals surface area contributed by atoms with Crippen LogP contribution in [0.15, 0.2) is 18.3 Å². The van der Waals surface area contributed by atoms with E-state index < -0.39 is 0 Å². The highest BCUT2D eigenvalue weighted by Gasteiger charge is 2.17. The minimum Gasteiger partial charge on any atom is -0.294 e. The van der Waals surface area contributed by atoms with E-state index >= 15 is 0 Å². The van der Waals surface area contributed by atoms with E-state index in [0.29, 0.717) is 22.3 Å². The minimum atomic E-state index is -0.0548. The smallest absolute Gasteiger partial charge is 0.169 e. The molecule has 2 heterocycles. The average Bonchev–Trinajstić information content (AvgIpc) is 2.66. The van der Waals surface area contributed by atoms with E-state index in [1.807, 2.05) is 13.8 Å². The number of carbonyl (C=O) groups is 1. The molecule has 0 spiro atoms. The zero-order chi connectivity index (χ0) is 14.0. The van der Waals surface area contributed by atoms with E-state index in [9.17, 15) is 4.79 Å². The van der Waals surface area contributed by atoms with Crippen LogP contribution in [0.25, 0.3) is 0 Å². The molecule has 0 bridgehead atoms. The Bertz CT molecular complexity index is 622. The molecule has 0 saturated carbocycles. The van der Waals surface area contributed by atoms with Crippen molar-refractivity contribution in [1.82, 2.24) is 14.8 Å². The van der Waals surface area contributed by atoms with Gasteiger partial charge in [-0.25, -0.2) is 4.98 Å². The van der Waals surface area contributed by atoms with E-state index in [1.54, 1.807) is 16.8 Å². The van der Waals surface area contributed by atoms with Crippen molar-refractivity contribution in [3.63, 3.8) is 0 Å². The molecule has 0 N–H and O–H groups in total. The Hall–Kier alpha value is -1.39. The van der Waals surface area contributed by atoms with E-state index in [1.165, 1.54) is 6.20 Å². The Balaban J connectivity index is 2.29. The Morgan fingerprint density at radius 3 is 2.79 bits per heavy atom. The number of nitrogens with zero attached hydrogens (tertiary/aromatic N) is 3. The summed E-state index contributed by atoms with van der Waals surface area (Å²) in [6, 6.07) is 3.19. The number of aryl methyl sites for hydroxylation is 2.